The summed E-state index contributed by atoms with van der Waals surface area (Å²) in [7, 11) is 4.62. The third-order valence-corrected chi connectivity index (χ3v) is 15.2. The van der Waals surface area contributed by atoms with E-state index < -0.39 is 77.8 Å². The Hall–Kier alpha value is -4.26. The normalized spacial score (nSPS) is 37.5. The highest BCUT2D eigenvalue weighted by molar-refractivity contribution is 6.39. The van der Waals surface area contributed by atoms with Gasteiger partial charge < -0.3 is 38.8 Å². The van der Waals surface area contributed by atoms with Gasteiger partial charge in [-0.3, -0.25) is 19.2 Å². The number of ketones is 3. The van der Waals surface area contributed by atoms with Crippen LogP contribution in [-0.2, 0) is 47.7 Å². The lowest BCUT2D eigenvalue weighted by atomic mass is 9.77. The van der Waals surface area contributed by atoms with E-state index in [0.29, 0.717) is 56.9 Å². The van der Waals surface area contributed by atoms with Crippen molar-refractivity contribution < 1.29 is 57.9 Å². The maximum atomic E-state index is 14.5. The second-order valence-electron chi connectivity index (χ2n) is 20.4. The zero-order valence-electron chi connectivity index (χ0n) is 42.5. The molecule has 4 aliphatic rings. The van der Waals surface area contributed by atoms with Gasteiger partial charge in [0.25, 0.3) is 11.7 Å². The van der Waals surface area contributed by atoms with E-state index in [4.69, 9.17) is 23.7 Å². The van der Waals surface area contributed by atoms with Gasteiger partial charge in [0, 0.05) is 58.5 Å². The fourth-order valence-electron chi connectivity index (χ4n) is 10.7. The Morgan fingerprint density at radius 3 is 2.32 bits per heavy atom. The summed E-state index contributed by atoms with van der Waals surface area (Å²) < 4.78 is 31.6. The minimum Gasteiger partial charge on any atom is -0.460 e. The molecule has 3 fully saturated rings. The third kappa shape index (κ3) is 14.2. The number of allylic oxidation sites excluding steroid dienone is 6. The molecule has 0 spiro atoms. The lowest BCUT2D eigenvalue weighted by Crippen LogP contribution is -2.61. The van der Waals surface area contributed by atoms with Crippen LogP contribution in [0.2, 0.25) is 0 Å². The molecule has 2 unspecified atom stereocenters. The number of aliphatic hydroxyl groups is 2. The molecule has 17 nitrogen and oxygen atoms in total. The van der Waals surface area contributed by atoms with Crippen LogP contribution in [0.4, 0.5) is 0 Å². The van der Waals surface area contributed by atoms with Crippen LogP contribution in [0.15, 0.2) is 53.9 Å². The largest absolute Gasteiger partial charge is 0.460 e. The minimum absolute atomic E-state index is 0.0170. The number of hydrogen-bond donors (Lipinski definition) is 2. The van der Waals surface area contributed by atoms with Crippen LogP contribution in [0.5, 0.6) is 0 Å². The van der Waals surface area contributed by atoms with Gasteiger partial charge >= 0.3 is 5.97 Å². The molecule has 5 rings (SSSR count). The zero-order chi connectivity index (χ0) is 50.6. The molecule has 2 N–H and O–H groups in total. The molecule has 1 amide bonds. The first kappa shape index (κ1) is 55.7. The molecule has 1 aliphatic carbocycles. The number of amides is 1. The van der Waals surface area contributed by atoms with E-state index in [1.54, 1.807) is 52.1 Å². The van der Waals surface area contributed by atoms with Crippen LogP contribution in [0.1, 0.15) is 132 Å². The fourth-order valence-corrected chi connectivity index (χ4v) is 10.7. The van der Waals surface area contributed by atoms with Gasteiger partial charge in [-0.25, -0.2) is 9.48 Å². The van der Waals surface area contributed by atoms with Gasteiger partial charge in [0.05, 0.1) is 24.4 Å². The van der Waals surface area contributed by atoms with Crippen LogP contribution < -0.4 is 0 Å². The Morgan fingerprint density at radius 2 is 1.64 bits per heavy atom. The summed E-state index contributed by atoms with van der Waals surface area (Å²) in [5, 5.41) is 35.2. The van der Waals surface area contributed by atoms with Gasteiger partial charge in [-0.1, -0.05) is 71.1 Å². The summed E-state index contributed by atoms with van der Waals surface area (Å²) in [6.45, 7) is 12.8. The number of aliphatic hydroxyl groups excluding tert-OH is 1. The van der Waals surface area contributed by atoms with Gasteiger partial charge in [-0.2, -0.15) is 0 Å². The number of hydrogen-bond acceptors (Lipinski definition) is 15. The molecule has 17 heteroatoms. The van der Waals surface area contributed by atoms with Gasteiger partial charge in [0.2, 0.25) is 5.79 Å². The van der Waals surface area contributed by atoms with E-state index in [0.717, 1.165) is 18.4 Å². The average molecular weight is 966 g/mol. The van der Waals surface area contributed by atoms with Crippen LogP contribution in [-0.4, -0.2) is 141 Å². The molecule has 0 aromatic carbocycles. The molecule has 3 aliphatic heterocycles. The SMILES string of the molecule is CO[C@H]1C[C@H]2CCC(C)C(O)(O2)C(=O)C(=O)N2CCCC[C@H]2C(=O)O[C@H]([C@H](C)C[C@@H]2CC[C@@H](n3cnnn3)[C@H](OC)C2)CC(=O)[C@H](C)/C=C(\C)[C@@H](O)[C@@H](OC)C(=O)[C@H](C)C[C@H](C)/C=C/C=CC=C1C. The topological polar surface area (TPSA) is 219 Å². The molecule has 384 valence electrons. The quantitative estimate of drug-likeness (QED) is 0.181. The Bertz CT molecular complexity index is 2020. The summed E-state index contributed by atoms with van der Waals surface area (Å²) >= 11 is 0. The van der Waals surface area contributed by atoms with Crippen molar-refractivity contribution in [2.45, 2.75) is 180 Å². The van der Waals surface area contributed by atoms with E-state index in [1.807, 2.05) is 58.1 Å². The Labute approximate surface area is 408 Å². The number of tetrazole rings is 1. The molecule has 1 aromatic rings. The molecule has 1 saturated carbocycles. The molecule has 2 saturated heterocycles. The summed E-state index contributed by atoms with van der Waals surface area (Å²) in [6.07, 6.45) is 13.9. The zero-order valence-corrected chi connectivity index (χ0v) is 42.5. The molecule has 15 atom stereocenters. The van der Waals surface area contributed by atoms with E-state index in [1.165, 1.54) is 12.0 Å². The van der Waals surface area contributed by atoms with Crippen molar-refractivity contribution in [3.05, 3.63) is 53.9 Å². The number of Topliss-reactive ketones (excluding diaryl/α,β-unsaturated/α-hetero) is 3. The number of methoxy groups -OCH3 is 3. The highest BCUT2D eigenvalue weighted by Gasteiger charge is 2.53. The van der Waals surface area contributed by atoms with Crippen LogP contribution in [0.25, 0.3) is 0 Å². The summed E-state index contributed by atoms with van der Waals surface area (Å²) in [5.41, 5.74) is 1.27. The smallest absolute Gasteiger partial charge is 0.329 e. The summed E-state index contributed by atoms with van der Waals surface area (Å²) in [4.78, 5) is 72.3. The molecule has 69 heavy (non-hydrogen) atoms. The van der Waals surface area contributed by atoms with Crippen molar-refractivity contribution in [3.8, 4) is 0 Å². The predicted octanol–water partition coefficient (Wildman–Crippen LogP) is 6.05. The molecule has 2 bridgehead atoms. The second kappa shape index (κ2) is 25.7. The lowest BCUT2D eigenvalue weighted by molar-refractivity contribution is -0.265. The van der Waals surface area contributed by atoms with E-state index in [2.05, 4.69) is 15.5 Å². The van der Waals surface area contributed by atoms with Gasteiger partial charge in [0.1, 0.15) is 36.5 Å². The van der Waals surface area contributed by atoms with Crippen LogP contribution >= 0.6 is 0 Å². The second-order valence-corrected chi connectivity index (χ2v) is 20.4. The number of rotatable bonds is 7. The number of aromatic nitrogens is 4. The number of ether oxygens (including phenoxy) is 5. The van der Waals surface area contributed by atoms with Crippen molar-refractivity contribution in [2.24, 2.45) is 35.5 Å². The molecule has 4 heterocycles. The van der Waals surface area contributed by atoms with Crippen molar-refractivity contribution in [3.63, 3.8) is 0 Å². The average Bonchev–Trinajstić information content (AvgIpc) is 3.88. The first-order chi connectivity index (χ1) is 32.8. The standard InChI is InChI=1S/C52H79N5O12/c1-31-16-12-11-13-17-32(2)43(65-8)28-39-21-19-37(7)52(64,69-39)49(61)50(62)56-23-15-14-18-41(56)51(63)68-44(34(4)26-38-20-22-40(45(27-38)66-9)57-30-53-54-55-57)29-42(58)33(3)25-36(6)47(60)48(67-10)46(59)35(5)24-31/h11-13,16-17,25,30-31,33-35,37-41,43-45,47-48,60,64H,14-15,18-24,26-29H2,1-10H3/b13-11?,16-12+,32-17?,36-25+/t31-,33-,34-,35-,37?,38+,39-,40-,41+,43+,44+,45-,47-,48+,52?/m1/s1. The highest BCUT2D eigenvalue weighted by atomic mass is 16.6. The lowest BCUT2D eigenvalue weighted by Gasteiger charge is -2.42. The highest BCUT2D eigenvalue weighted by Crippen LogP contribution is 2.39. The van der Waals surface area contributed by atoms with E-state index in [9.17, 15) is 34.2 Å². The number of carbonyl (C=O) groups is 5. The Kier molecular flexibility index (Phi) is 20.8. The first-order valence-corrected chi connectivity index (χ1v) is 25.0. The first-order valence-electron chi connectivity index (χ1n) is 25.0. The number of carbonyl (C=O) groups excluding carboxylic acids is 5. The van der Waals surface area contributed by atoms with Gasteiger partial charge in [0.15, 0.2) is 5.78 Å². The number of esters is 1. The molecule has 1 aromatic heterocycles. The Balaban J connectivity index is 1.46. The van der Waals surface area contributed by atoms with Crippen LogP contribution in [0, 0.1) is 35.5 Å². The number of cyclic esters (lactones) is 1. The minimum atomic E-state index is -2.43. The van der Waals surface area contributed by atoms with Gasteiger partial charge in [-0.05, 0) is 117 Å². The van der Waals surface area contributed by atoms with Crippen molar-refractivity contribution in [1.29, 1.82) is 0 Å². The molecule has 0 radical (unpaired) electrons. The van der Waals surface area contributed by atoms with Crippen LogP contribution in [0.3, 0.4) is 0 Å². The monoisotopic (exact) mass is 966 g/mol. The van der Waals surface area contributed by atoms with E-state index in [-0.39, 0.29) is 60.9 Å². The van der Waals surface area contributed by atoms with E-state index >= 15 is 0 Å². The maximum Gasteiger partial charge on any atom is 0.329 e. The summed E-state index contributed by atoms with van der Waals surface area (Å²) in [6, 6.07) is -1.19. The summed E-state index contributed by atoms with van der Waals surface area (Å²) in [5.74, 6) is -7.92. The van der Waals surface area contributed by atoms with Crippen molar-refractivity contribution in [1.82, 2.24) is 25.1 Å². The maximum absolute atomic E-state index is 14.5. The predicted molar refractivity (Wildman–Crippen MR) is 256 cm³/mol. The third-order valence-electron chi connectivity index (χ3n) is 15.2. The molecular weight excluding hydrogens is 887 g/mol. The van der Waals surface area contributed by atoms with Crippen molar-refractivity contribution >= 4 is 29.2 Å². The number of piperidine rings is 1. The number of fused-ring (bicyclic) bond motifs is 3. The fraction of sp³-hybridized carbons (Fsp3) is 0.731. The van der Waals surface area contributed by atoms with Gasteiger partial charge in [-0.15, -0.1) is 5.10 Å². The van der Waals surface area contributed by atoms with Crippen molar-refractivity contribution in [2.75, 3.05) is 27.9 Å². The molecular formula is C52H79N5O12. The number of nitrogens with zero attached hydrogens (tertiary/aromatic N) is 5. The Morgan fingerprint density at radius 1 is 0.884 bits per heavy atom.